The van der Waals surface area contributed by atoms with E-state index in [-0.39, 0.29) is 6.10 Å². The fourth-order valence-electron chi connectivity index (χ4n) is 1.80. The molecular weight excluding hydrogens is 206 g/mol. The van der Waals surface area contributed by atoms with Gasteiger partial charge in [0.05, 0.1) is 6.61 Å². The predicted octanol–water partition coefficient (Wildman–Crippen LogP) is 1.47. The molecule has 1 aromatic heterocycles. The number of imidazole rings is 1. The third-order valence-electron chi connectivity index (χ3n) is 2.61. The molecule has 0 spiro atoms. The zero-order chi connectivity index (χ0) is 11.6. The third-order valence-corrected chi connectivity index (χ3v) is 2.61. The van der Waals surface area contributed by atoms with Crippen molar-refractivity contribution in [1.29, 1.82) is 0 Å². The summed E-state index contributed by atoms with van der Waals surface area (Å²) in [6, 6.07) is 0. The van der Waals surface area contributed by atoms with Crippen LogP contribution >= 0.6 is 0 Å². The van der Waals surface area contributed by atoms with E-state index in [0.29, 0.717) is 6.61 Å². The van der Waals surface area contributed by atoms with Gasteiger partial charge in [0.15, 0.2) is 5.79 Å². The van der Waals surface area contributed by atoms with Crippen molar-refractivity contribution in [2.75, 3.05) is 18.5 Å². The standard InChI is InChI=1S/C11H19N3O2/c1-4-14-6-5-12-10(14)13-7-9-8-15-11(2,3)16-9/h5-6,9H,4,7-8H2,1-3H3,(H,12,13). The second-order valence-electron chi connectivity index (χ2n) is 4.37. The second kappa shape index (κ2) is 4.43. The highest BCUT2D eigenvalue weighted by molar-refractivity contribution is 5.25. The van der Waals surface area contributed by atoms with Crippen LogP contribution in [0.15, 0.2) is 12.4 Å². The molecule has 1 saturated heterocycles. The summed E-state index contributed by atoms with van der Waals surface area (Å²) in [4.78, 5) is 4.24. The number of anilines is 1. The highest BCUT2D eigenvalue weighted by Crippen LogP contribution is 2.22. The molecule has 16 heavy (non-hydrogen) atoms. The number of nitrogens with one attached hydrogen (secondary N) is 1. The maximum Gasteiger partial charge on any atom is 0.202 e. The van der Waals surface area contributed by atoms with Gasteiger partial charge in [-0.25, -0.2) is 4.98 Å². The largest absolute Gasteiger partial charge is 0.353 e. The van der Waals surface area contributed by atoms with Gasteiger partial charge in [-0.3, -0.25) is 0 Å². The molecule has 0 radical (unpaired) electrons. The lowest BCUT2D eigenvalue weighted by Gasteiger charge is -2.17. The molecule has 0 bridgehead atoms. The van der Waals surface area contributed by atoms with Crippen molar-refractivity contribution in [2.24, 2.45) is 0 Å². The van der Waals surface area contributed by atoms with E-state index in [2.05, 4.69) is 21.8 Å². The topological polar surface area (TPSA) is 48.3 Å². The van der Waals surface area contributed by atoms with Crippen molar-refractivity contribution < 1.29 is 9.47 Å². The Kier molecular flexibility index (Phi) is 3.16. The average molecular weight is 225 g/mol. The van der Waals surface area contributed by atoms with Crippen LogP contribution in [0.25, 0.3) is 0 Å². The van der Waals surface area contributed by atoms with Gasteiger partial charge in [0.1, 0.15) is 6.10 Å². The van der Waals surface area contributed by atoms with Crippen molar-refractivity contribution in [2.45, 2.75) is 39.2 Å². The number of rotatable bonds is 4. The number of aryl methyl sites for hydroxylation is 1. The van der Waals surface area contributed by atoms with Crippen molar-refractivity contribution in [1.82, 2.24) is 9.55 Å². The molecule has 1 aliphatic rings. The minimum atomic E-state index is -0.452. The molecule has 0 saturated carbocycles. The van der Waals surface area contributed by atoms with Gasteiger partial charge in [-0.2, -0.15) is 0 Å². The summed E-state index contributed by atoms with van der Waals surface area (Å²) in [6.45, 7) is 8.22. The van der Waals surface area contributed by atoms with E-state index >= 15 is 0 Å². The Labute approximate surface area is 95.8 Å². The van der Waals surface area contributed by atoms with Gasteiger partial charge < -0.3 is 19.4 Å². The van der Waals surface area contributed by atoms with Gasteiger partial charge in [-0.15, -0.1) is 0 Å². The van der Waals surface area contributed by atoms with E-state index in [9.17, 15) is 0 Å². The molecule has 1 aromatic rings. The molecule has 1 fully saturated rings. The Hall–Kier alpha value is -1.07. The molecule has 1 aliphatic heterocycles. The van der Waals surface area contributed by atoms with Gasteiger partial charge in [0.25, 0.3) is 0 Å². The first-order chi connectivity index (χ1) is 7.61. The van der Waals surface area contributed by atoms with Gasteiger partial charge in [0, 0.05) is 25.5 Å². The average Bonchev–Trinajstić information content (AvgIpc) is 2.81. The van der Waals surface area contributed by atoms with Crippen LogP contribution in [0.4, 0.5) is 5.95 Å². The molecule has 0 amide bonds. The Morgan fingerprint density at radius 1 is 1.62 bits per heavy atom. The minimum absolute atomic E-state index is 0.0945. The lowest BCUT2D eigenvalue weighted by Crippen LogP contribution is -2.26. The molecule has 1 unspecified atom stereocenters. The molecule has 90 valence electrons. The van der Waals surface area contributed by atoms with Crippen molar-refractivity contribution in [3.05, 3.63) is 12.4 Å². The summed E-state index contributed by atoms with van der Waals surface area (Å²) in [5.41, 5.74) is 0. The Bertz CT molecular complexity index is 349. The second-order valence-corrected chi connectivity index (χ2v) is 4.37. The SMILES string of the molecule is CCn1ccnc1NCC1COC(C)(C)O1. The highest BCUT2D eigenvalue weighted by Gasteiger charge is 2.32. The van der Waals surface area contributed by atoms with Crippen molar-refractivity contribution in [3.8, 4) is 0 Å². The molecule has 2 heterocycles. The normalized spacial score (nSPS) is 23.6. The Morgan fingerprint density at radius 2 is 2.44 bits per heavy atom. The Balaban J connectivity index is 1.84. The summed E-state index contributed by atoms with van der Waals surface area (Å²) >= 11 is 0. The first-order valence-electron chi connectivity index (χ1n) is 5.67. The fraction of sp³-hybridized carbons (Fsp3) is 0.727. The Morgan fingerprint density at radius 3 is 3.06 bits per heavy atom. The molecule has 1 atom stereocenters. The van der Waals surface area contributed by atoms with Crippen LogP contribution in [0.3, 0.4) is 0 Å². The predicted molar refractivity (Wildman–Crippen MR) is 61.3 cm³/mol. The third kappa shape index (κ3) is 2.54. The summed E-state index contributed by atoms with van der Waals surface area (Å²) < 4.78 is 13.2. The maximum absolute atomic E-state index is 5.70. The summed E-state index contributed by atoms with van der Waals surface area (Å²) in [5, 5.41) is 3.27. The van der Waals surface area contributed by atoms with Gasteiger partial charge in [0.2, 0.25) is 5.95 Å². The molecular formula is C11H19N3O2. The van der Waals surface area contributed by atoms with Crippen LogP contribution in [0.2, 0.25) is 0 Å². The van der Waals surface area contributed by atoms with Crippen LogP contribution in [0, 0.1) is 0 Å². The van der Waals surface area contributed by atoms with Gasteiger partial charge in [-0.1, -0.05) is 0 Å². The summed E-state index contributed by atoms with van der Waals surface area (Å²) in [6.07, 6.45) is 3.84. The van der Waals surface area contributed by atoms with E-state index in [4.69, 9.17) is 9.47 Å². The van der Waals surface area contributed by atoms with E-state index in [1.165, 1.54) is 0 Å². The maximum atomic E-state index is 5.70. The van der Waals surface area contributed by atoms with E-state index in [1.807, 2.05) is 20.0 Å². The van der Waals surface area contributed by atoms with Crippen molar-refractivity contribution in [3.63, 3.8) is 0 Å². The zero-order valence-corrected chi connectivity index (χ0v) is 10.1. The number of nitrogens with zero attached hydrogens (tertiary/aromatic N) is 2. The first kappa shape index (κ1) is 11.4. The van der Waals surface area contributed by atoms with E-state index in [0.717, 1.165) is 19.0 Å². The lowest BCUT2D eigenvalue weighted by molar-refractivity contribution is -0.136. The van der Waals surface area contributed by atoms with Gasteiger partial charge in [-0.05, 0) is 20.8 Å². The molecule has 5 nitrogen and oxygen atoms in total. The zero-order valence-electron chi connectivity index (χ0n) is 10.1. The summed E-state index contributed by atoms with van der Waals surface area (Å²) in [7, 11) is 0. The number of aromatic nitrogens is 2. The van der Waals surface area contributed by atoms with Crippen LogP contribution in [0.1, 0.15) is 20.8 Å². The van der Waals surface area contributed by atoms with Crippen molar-refractivity contribution >= 4 is 5.95 Å². The number of hydrogen-bond donors (Lipinski definition) is 1. The molecule has 0 aromatic carbocycles. The monoisotopic (exact) mass is 225 g/mol. The molecule has 2 rings (SSSR count). The highest BCUT2D eigenvalue weighted by atomic mass is 16.7. The van der Waals surface area contributed by atoms with E-state index < -0.39 is 5.79 Å². The van der Waals surface area contributed by atoms with Crippen LogP contribution in [0.5, 0.6) is 0 Å². The molecule has 5 heteroatoms. The van der Waals surface area contributed by atoms with E-state index in [1.54, 1.807) is 6.20 Å². The smallest absolute Gasteiger partial charge is 0.202 e. The minimum Gasteiger partial charge on any atom is -0.353 e. The lowest BCUT2D eigenvalue weighted by atomic mass is 10.4. The molecule has 0 aliphatic carbocycles. The van der Waals surface area contributed by atoms with Crippen LogP contribution in [-0.2, 0) is 16.0 Å². The summed E-state index contributed by atoms with van der Waals surface area (Å²) in [5.74, 6) is 0.433. The number of hydrogen-bond acceptors (Lipinski definition) is 4. The van der Waals surface area contributed by atoms with Crippen LogP contribution in [-0.4, -0.2) is 34.6 Å². The quantitative estimate of drug-likeness (QED) is 0.843. The fourth-order valence-corrected chi connectivity index (χ4v) is 1.80. The molecule has 1 N–H and O–H groups in total. The number of ether oxygens (including phenoxy) is 2. The first-order valence-corrected chi connectivity index (χ1v) is 5.67. The van der Waals surface area contributed by atoms with Gasteiger partial charge >= 0.3 is 0 Å². The van der Waals surface area contributed by atoms with Crippen LogP contribution < -0.4 is 5.32 Å².